The van der Waals surface area contributed by atoms with Crippen LogP contribution >= 0.6 is 0 Å². The third-order valence-corrected chi connectivity index (χ3v) is 12.1. The molecule has 0 saturated heterocycles. The van der Waals surface area contributed by atoms with Crippen LogP contribution in [0.1, 0.15) is 112 Å². The van der Waals surface area contributed by atoms with E-state index in [0.29, 0.717) is 71.0 Å². The van der Waals surface area contributed by atoms with Gasteiger partial charge in [-0.15, -0.1) is 0 Å². The molecule has 0 heterocycles. The van der Waals surface area contributed by atoms with Crippen molar-refractivity contribution in [3.05, 3.63) is 0 Å². The lowest BCUT2D eigenvalue weighted by atomic mass is 9.61. The summed E-state index contributed by atoms with van der Waals surface area (Å²) < 4.78 is 0. The minimum atomic E-state index is -0.255. The maximum Gasteiger partial charge on any atom is 0.0596 e. The van der Waals surface area contributed by atoms with Crippen LogP contribution in [-0.4, -0.2) is 44.8 Å². The normalized spacial score (nSPS) is 53.7. The predicted molar refractivity (Wildman–Crippen MR) is 151 cm³/mol. The molecule has 4 heteroatoms. The van der Waals surface area contributed by atoms with Gasteiger partial charge in [0.2, 0.25) is 0 Å². The fraction of sp³-hybridized carbons (Fsp3) is 1.00. The monoisotopic (exact) mass is 520 g/mol. The largest absolute Gasteiger partial charge is 0.393 e. The van der Waals surface area contributed by atoms with Crippen LogP contribution in [0.4, 0.5) is 0 Å². The first kappa shape index (κ1) is 29.8. The second-order valence-corrected chi connectivity index (χ2v) is 15.4. The van der Waals surface area contributed by atoms with E-state index in [1.807, 2.05) is 0 Å². The molecule has 0 spiro atoms. The Labute approximate surface area is 228 Å². The van der Waals surface area contributed by atoms with E-state index < -0.39 is 0 Å². The topological polar surface area (TPSA) is 80.9 Å². The van der Waals surface area contributed by atoms with Crippen molar-refractivity contribution >= 4 is 0 Å². The number of aliphatic hydroxyl groups is 4. The molecule has 0 aromatic heterocycles. The van der Waals surface area contributed by atoms with Gasteiger partial charge in [-0.2, -0.15) is 0 Å². The molecule has 4 aliphatic carbocycles. The van der Waals surface area contributed by atoms with Gasteiger partial charge in [-0.05, 0) is 142 Å². The summed E-state index contributed by atoms with van der Waals surface area (Å²) in [6.45, 7) is 13.7. The Morgan fingerprint density at radius 2 is 0.676 bits per heavy atom. The van der Waals surface area contributed by atoms with E-state index in [0.717, 1.165) is 70.6 Å². The summed E-state index contributed by atoms with van der Waals surface area (Å²) in [6.07, 6.45) is 10.7. The summed E-state index contributed by atoms with van der Waals surface area (Å²) in [6, 6.07) is 0. The molecule has 4 saturated carbocycles. The minimum absolute atomic E-state index is 0.165. The smallest absolute Gasteiger partial charge is 0.0596 e. The predicted octanol–water partition coefficient (Wildman–Crippen LogP) is 6.29. The zero-order valence-electron chi connectivity index (χ0n) is 24.8. The van der Waals surface area contributed by atoms with Gasteiger partial charge in [0.15, 0.2) is 0 Å². The molecule has 4 aliphatic rings. The van der Waals surface area contributed by atoms with Crippen molar-refractivity contribution in [1.82, 2.24) is 0 Å². The fourth-order valence-electron chi connectivity index (χ4n) is 9.70. The molecule has 0 aliphatic heterocycles. The average Bonchev–Trinajstić information content (AvgIpc) is 2.81. The summed E-state index contributed by atoms with van der Waals surface area (Å²) in [5.41, 5.74) is 0. The maximum absolute atomic E-state index is 11.6. The lowest BCUT2D eigenvalue weighted by Gasteiger charge is -2.46. The molecular formula is C33H60O4. The molecule has 0 bridgehead atoms. The lowest BCUT2D eigenvalue weighted by Crippen LogP contribution is -2.44. The lowest BCUT2D eigenvalue weighted by molar-refractivity contribution is -0.0667. The molecular weight excluding hydrogens is 460 g/mol. The van der Waals surface area contributed by atoms with E-state index in [9.17, 15) is 20.4 Å². The first-order valence-electron chi connectivity index (χ1n) is 16.1. The summed E-state index contributed by atoms with van der Waals surface area (Å²) in [5, 5.41) is 43.9. The molecule has 0 aromatic rings. The molecule has 16 atom stereocenters. The van der Waals surface area contributed by atoms with Crippen molar-refractivity contribution in [1.29, 1.82) is 0 Å². The zero-order chi connectivity index (χ0) is 27.0. The van der Waals surface area contributed by atoms with Gasteiger partial charge < -0.3 is 20.4 Å². The van der Waals surface area contributed by atoms with Crippen LogP contribution in [0.15, 0.2) is 0 Å². The number of rotatable bonds is 6. The van der Waals surface area contributed by atoms with Crippen LogP contribution in [0, 0.1) is 71.0 Å². The third-order valence-electron chi connectivity index (χ3n) is 12.1. The van der Waals surface area contributed by atoms with Crippen LogP contribution < -0.4 is 0 Å². The standard InChI is InChI=1S/C33H60O4/c1-18-7-26(15-24-11-22(5)30(34)13-20(24)3)32(36)28(9-18)17-29-10-19(2)8-27(33(29)37)16-25-12-23(6)31(35)14-21(25)4/h18-37H,7-17H2,1-6H3. The van der Waals surface area contributed by atoms with Crippen LogP contribution in [0.5, 0.6) is 0 Å². The molecule has 0 amide bonds. The van der Waals surface area contributed by atoms with E-state index in [1.54, 1.807) is 0 Å². The molecule has 216 valence electrons. The van der Waals surface area contributed by atoms with Gasteiger partial charge in [-0.25, -0.2) is 0 Å². The quantitative estimate of drug-likeness (QED) is 0.332. The van der Waals surface area contributed by atoms with E-state index in [4.69, 9.17) is 0 Å². The highest BCUT2D eigenvalue weighted by atomic mass is 16.3. The molecule has 4 rings (SSSR count). The fourth-order valence-corrected chi connectivity index (χ4v) is 9.70. The molecule has 4 N–H and O–H groups in total. The van der Waals surface area contributed by atoms with Gasteiger partial charge >= 0.3 is 0 Å². The minimum Gasteiger partial charge on any atom is -0.393 e. The highest BCUT2D eigenvalue weighted by molar-refractivity contribution is 4.94. The molecule has 0 aromatic carbocycles. The summed E-state index contributed by atoms with van der Waals surface area (Å²) in [7, 11) is 0. The van der Waals surface area contributed by atoms with Crippen molar-refractivity contribution in [2.24, 2.45) is 71.0 Å². The Bertz CT molecular complexity index is 654. The Morgan fingerprint density at radius 3 is 1.00 bits per heavy atom. The van der Waals surface area contributed by atoms with Crippen molar-refractivity contribution in [2.75, 3.05) is 0 Å². The van der Waals surface area contributed by atoms with Gasteiger partial charge in [0, 0.05) is 0 Å². The number of hydrogen-bond acceptors (Lipinski definition) is 4. The molecule has 37 heavy (non-hydrogen) atoms. The Balaban J connectivity index is 1.37. The average molecular weight is 521 g/mol. The highest BCUT2D eigenvalue weighted by Gasteiger charge is 2.44. The van der Waals surface area contributed by atoms with Crippen LogP contribution in [-0.2, 0) is 0 Å². The number of hydrogen-bond donors (Lipinski definition) is 4. The first-order valence-corrected chi connectivity index (χ1v) is 16.1. The second-order valence-electron chi connectivity index (χ2n) is 15.4. The Morgan fingerprint density at radius 1 is 0.378 bits per heavy atom. The van der Waals surface area contributed by atoms with Gasteiger partial charge in [-0.3, -0.25) is 0 Å². The Kier molecular flexibility index (Phi) is 10.1. The van der Waals surface area contributed by atoms with Crippen molar-refractivity contribution < 1.29 is 20.4 Å². The van der Waals surface area contributed by atoms with E-state index in [-0.39, 0.29) is 24.4 Å². The summed E-state index contributed by atoms with van der Waals surface area (Å²) >= 11 is 0. The summed E-state index contributed by atoms with van der Waals surface area (Å²) in [5.74, 6) is 5.56. The van der Waals surface area contributed by atoms with Crippen LogP contribution in [0.2, 0.25) is 0 Å². The maximum atomic E-state index is 11.6. The third kappa shape index (κ3) is 7.14. The number of aliphatic hydroxyl groups excluding tert-OH is 4. The SMILES string of the molecule is CC1CC(CC2CC(C)C(O)CC2C)C(O)C(CC2CC(C)CC(CC3CC(C)C(O)CC3C)C2O)C1. The van der Waals surface area contributed by atoms with Crippen molar-refractivity contribution in [3.8, 4) is 0 Å². The molecule has 0 radical (unpaired) electrons. The highest BCUT2D eigenvalue weighted by Crippen LogP contribution is 2.48. The van der Waals surface area contributed by atoms with Crippen molar-refractivity contribution in [3.63, 3.8) is 0 Å². The van der Waals surface area contributed by atoms with Crippen LogP contribution in [0.3, 0.4) is 0 Å². The van der Waals surface area contributed by atoms with E-state index >= 15 is 0 Å². The zero-order valence-corrected chi connectivity index (χ0v) is 24.8. The van der Waals surface area contributed by atoms with Gasteiger partial charge in [-0.1, -0.05) is 41.5 Å². The second kappa shape index (κ2) is 12.6. The van der Waals surface area contributed by atoms with E-state index in [2.05, 4.69) is 41.5 Å². The Hall–Kier alpha value is -0.160. The molecule has 4 nitrogen and oxygen atoms in total. The van der Waals surface area contributed by atoms with Gasteiger partial charge in [0.05, 0.1) is 24.4 Å². The van der Waals surface area contributed by atoms with E-state index in [1.165, 1.54) is 0 Å². The van der Waals surface area contributed by atoms with Gasteiger partial charge in [0.1, 0.15) is 0 Å². The molecule has 16 unspecified atom stereocenters. The summed E-state index contributed by atoms with van der Waals surface area (Å²) in [4.78, 5) is 0. The first-order chi connectivity index (χ1) is 17.4. The van der Waals surface area contributed by atoms with Crippen LogP contribution in [0.25, 0.3) is 0 Å². The van der Waals surface area contributed by atoms with Gasteiger partial charge in [0.25, 0.3) is 0 Å². The molecule has 4 fully saturated rings. The van der Waals surface area contributed by atoms with Crippen molar-refractivity contribution in [2.45, 2.75) is 137 Å².